The van der Waals surface area contributed by atoms with Crippen LogP contribution in [0.1, 0.15) is 44.2 Å². The number of imidazole rings is 1. The maximum absolute atomic E-state index is 10.3. The average molecular weight is 338 g/mol. The van der Waals surface area contributed by atoms with E-state index in [2.05, 4.69) is 30.9 Å². The summed E-state index contributed by atoms with van der Waals surface area (Å²) in [7, 11) is 0. The van der Waals surface area contributed by atoms with Gasteiger partial charge in [-0.3, -0.25) is 0 Å². The molecule has 3 N–H and O–H groups in total. The van der Waals surface area contributed by atoms with Crippen LogP contribution in [0, 0.1) is 17.2 Å². The van der Waals surface area contributed by atoms with Gasteiger partial charge in [-0.05, 0) is 38.3 Å². The molecule has 0 bridgehead atoms. The molecule has 0 aromatic carbocycles. The fraction of sp³-hybridized carbons (Fsp3) is 0.500. The lowest BCUT2D eigenvalue weighted by atomic mass is 9.99. The Kier molecular flexibility index (Phi) is 4.15. The van der Waals surface area contributed by atoms with Crippen molar-refractivity contribution in [3.8, 4) is 6.07 Å². The predicted molar refractivity (Wildman–Crippen MR) is 94.9 cm³/mol. The Morgan fingerprint density at radius 1 is 1.44 bits per heavy atom. The Bertz CT molecular complexity index is 934. The molecule has 3 aromatic heterocycles. The SMILES string of the molecule is C[C@@H](O)c1nc2cnc3[nH]ccc3c2n1C1CCC(CC#N)CNC1. The van der Waals surface area contributed by atoms with Crippen LogP contribution >= 0.6 is 0 Å². The number of aromatic nitrogens is 4. The first kappa shape index (κ1) is 16.1. The highest BCUT2D eigenvalue weighted by molar-refractivity contribution is 6.01. The molecule has 1 aliphatic rings. The van der Waals surface area contributed by atoms with Crippen molar-refractivity contribution in [2.75, 3.05) is 13.1 Å². The van der Waals surface area contributed by atoms with Gasteiger partial charge in [0, 0.05) is 30.6 Å². The van der Waals surface area contributed by atoms with E-state index in [-0.39, 0.29) is 6.04 Å². The van der Waals surface area contributed by atoms with Crippen LogP contribution in [-0.4, -0.2) is 37.7 Å². The summed E-state index contributed by atoms with van der Waals surface area (Å²) in [6.07, 6.45) is 5.52. The molecule has 0 amide bonds. The molecule has 1 aliphatic heterocycles. The van der Waals surface area contributed by atoms with E-state index in [1.807, 2.05) is 12.3 Å². The minimum atomic E-state index is -0.653. The number of nitrogens with one attached hydrogen (secondary N) is 2. The van der Waals surface area contributed by atoms with E-state index < -0.39 is 6.10 Å². The minimum absolute atomic E-state index is 0.193. The molecular formula is C18H22N6O. The quantitative estimate of drug-likeness (QED) is 0.680. The summed E-state index contributed by atoms with van der Waals surface area (Å²) in [6, 6.07) is 4.49. The number of nitrogens with zero attached hydrogens (tertiary/aromatic N) is 4. The van der Waals surface area contributed by atoms with E-state index in [1.165, 1.54) is 0 Å². The van der Waals surface area contributed by atoms with Crippen molar-refractivity contribution in [2.45, 2.75) is 38.3 Å². The van der Waals surface area contributed by atoms with Gasteiger partial charge < -0.3 is 20.0 Å². The Balaban J connectivity index is 1.83. The van der Waals surface area contributed by atoms with Crippen LogP contribution in [0.15, 0.2) is 18.5 Å². The summed E-state index contributed by atoms with van der Waals surface area (Å²) < 4.78 is 2.18. The lowest BCUT2D eigenvalue weighted by Crippen LogP contribution is -2.26. The average Bonchev–Trinajstić information content (AvgIpc) is 3.15. The highest BCUT2D eigenvalue weighted by atomic mass is 16.3. The monoisotopic (exact) mass is 338 g/mol. The molecule has 3 aromatic rings. The second-order valence-corrected chi connectivity index (χ2v) is 6.87. The van der Waals surface area contributed by atoms with Gasteiger partial charge in [-0.1, -0.05) is 0 Å². The van der Waals surface area contributed by atoms with E-state index in [1.54, 1.807) is 13.1 Å². The van der Waals surface area contributed by atoms with Gasteiger partial charge in [-0.2, -0.15) is 5.26 Å². The molecule has 3 atom stereocenters. The Labute approximate surface area is 145 Å². The molecular weight excluding hydrogens is 316 g/mol. The first-order valence-corrected chi connectivity index (χ1v) is 8.78. The van der Waals surface area contributed by atoms with Crippen LogP contribution in [0.3, 0.4) is 0 Å². The van der Waals surface area contributed by atoms with Gasteiger partial charge in [0.2, 0.25) is 0 Å². The van der Waals surface area contributed by atoms with E-state index in [0.717, 1.165) is 48.0 Å². The third-order valence-corrected chi connectivity index (χ3v) is 5.10. The zero-order valence-corrected chi connectivity index (χ0v) is 14.2. The van der Waals surface area contributed by atoms with Gasteiger partial charge in [-0.25, -0.2) is 9.97 Å². The largest absolute Gasteiger partial charge is 0.385 e. The molecule has 0 spiro atoms. The van der Waals surface area contributed by atoms with Gasteiger partial charge in [0.15, 0.2) is 0 Å². The van der Waals surface area contributed by atoms with E-state index >= 15 is 0 Å². The first-order valence-electron chi connectivity index (χ1n) is 8.78. The molecule has 4 rings (SSSR count). The number of rotatable bonds is 3. The maximum Gasteiger partial charge on any atom is 0.139 e. The van der Waals surface area contributed by atoms with Gasteiger partial charge in [0.25, 0.3) is 0 Å². The zero-order valence-electron chi connectivity index (χ0n) is 14.2. The molecule has 0 aliphatic carbocycles. The Morgan fingerprint density at radius 2 is 2.32 bits per heavy atom. The summed E-state index contributed by atoms with van der Waals surface area (Å²) in [4.78, 5) is 12.2. The molecule has 0 radical (unpaired) electrons. The van der Waals surface area contributed by atoms with Crippen molar-refractivity contribution in [1.29, 1.82) is 5.26 Å². The minimum Gasteiger partial charge on any atom is -0.385 e. The number of nitriles is 1. The molecule has 0 saturated carbocycles. The van der Waals surface area contributed by atoms with Crippen molar-refractivity contribution >= 4 is 22.1 Å². The number of pyridine rings is 1. The third kappa shape index (κ3) is 2.77. The van der Waals surface area contributed by atoms with Crippen molar-refractivity contribution in [1.82, 2.24) is 24.8 Å². The van der Waals surface area contributed by atoms with Crippen molar-refractivity contribution < 1.29 is 5.11 Å². The molecule has 2 unspecified atom stereocenters. The molecule has 25 heavy (non-hydrogen) atoms. The first-order chi connectivity index (χ1) is 12.2. The second-order valence-electron chi connectivity index (χ2n) is 6.87. The molecule has 4 heterocycles. The summed E-state index contributed by atoms with van der Waals surface area (Å²) >= 11 is 0. The van der Waals surface area contributed by atoms with Crippen LogP contribution in [0.2, 0.25) is 0 Å². The fourth-order valence-electron chi connectivity index (χ4n) is 3.88. The lowest BCUT2D eigenvalue weighted by molar-refractivity contribution is 0.181. The molecule has 7 heteroatoms. The van der Waals surface area contributed by atoms with E-state index in [9.17, 15) is 5.11 Å². The highest BCUT2D eigenvalue weighted by Gasteiger charge is 2.26. The van der Waals surface area contributed by atoms with Crippen LogP contribution in [-0.2, 0) is 0 Å². The predicted octanol–water partition coefficient (Wildman–Crippen LogP) is 2.42. The highest BCUT2D eigenvalue weighted by Crippen LogP contribution is 2.33. The summed E-state index contributed by atoms with van der Waals surface area (Å²) in [5.41, 5.74) is 2.66. The number of fused-ring (bicyclic) bond motifs is 3. The topological polar surface area (TPSA) is 103 Å². The Hall–Kier alpha value is -2.43. The van der Waals surface area contributed by atoms with Crippen LogP contribution in [0.25, 0.3) is 22.1 Å². The maximum atomic E-state index is 10.3. The van der Waals surface area contributed by atoms with E-state index in [4.69, 9.17) is 5.26 Å². The summed E-state index contributed by atoms with van der Waals surface area (Å²) in [5.74, 6) is 1.06. The van der Waals surface area contributed by atoms with Gasteiger partial charge >= 0.3 is 0 Å². The molecule has 7 nitrogen and oxygen atoms in total. The van der Waals surface area contributed by atoms with Gasteiger partial charge in [-0.15, -0.1) is 0 Å². The summed E-state index contributed by atoms with van der Waals surface area (Å²) in [6.45, 7) is 3.42. The zero-order chi connectivity index (χ0) is 17.4. The van der Waals surface area contributed by atoms with Crippen molar-refractivity contribution in [3.05, 3.63) is 24.3 Å². The van der Waals surface area contributed by atoms with Gasteiger partial charge in [0.05, 0.1) is 17.8 Å². The smallest absolute Gasteiger partial charge is 0.139 e. The second kappa shape index (κ2) is 6.47. The normalized spacial score (nSPS) is 22.8. The molecule has 1 saturated heterocycles. The Morgan fingerprint density at radius 3 is 3.12 bits per heavy atom. The third-order valence-electron chi connectivity index (χ3n) is 5.10. The van der Waals surface area contributed by atoms with Crippen LogP contribution in [0.5, 0.6) is 0 Å². The standard InChI is InChI=1S/C18H22N6O/c1-11(25)18-23-15-10-22-17-14(5-7-21-17)16(15)24(18)13-3-2-12(4-6-19)8-20-9-13/h5,7,10-13,20,25H,2-4,8-9H2,1H3,(H,21,22)/t11-,12?,13?/m1/s1. The number of aliphatic hydroxyl groups excluding tert-OH is 1. The number of H-pyrrole nitrogens is 1. The van der Waals surface area contributed by atoms with Crippen molar-refractivity contribution in [3.63, 3.8) is 0 Å². The number of aromatic amines is 1. The number of hydrogen-bond donors (Lipinski definition) is 3. The fourth-order valence-corrected chi connectivity index (χ4v) is 3.88. The van der Waals surface area contributed by atoms with Crippen molar-refractivity contribution in [2.24, 2.45) is 5.92 Å². The van der Waals surface area contributed by atoms with Crippen LogP contribution < -0.4 is 5.32 Å². The van der Waals surface area contributed by atoms with Crippen LogP contribution in [0.4, 0.5) is 0 Å². The summed E-state index contributed by atoms with van der Waals surface area (Å²) in [5, 5.41) is 23.8. The number of hydrogen-bond acceptors (Lipinski definition) is 5. The molecule has 130 valence electrons. The lowest BCUT2D eigenvalue weighted by Gasteiger charge is -2.21. The number of aliphatic hydroxyl groups is 1. The van der Waals surface area contributed by atoms with Gasteiger partial charge in [0.1, 0.15) is 23.1 Å². The van der Waals surface area contributed by atoms with E-state index in [0.29, 0.717) is 18.2 Å². The molecule has 1 fully saturated rings.